The number of carbonyl (C=O) groups is 1. The SMILES string of the molecule is CC/C=C\C/C=C\C/C=C\C/C=C\C/C=C\C/C=C\C/C=C\C/C=C\C/C=C\CCCCCCCCCCCC(=O)NC(COC1OC(CO)C(OC2OC(CO)C(OC3OC(CO)C(O)C(O)C3O)C(O)C2O)C(O)C1O)C(O)/C=C/CC/C=C/CC/C=C/CCCCCCCCCCCCCCCCCC. The second-order valence-electron chi connectivity index (χ2n) is 29.2. The van der Waals surface area contributed by atoms with Gasteiger partial charge in [-0.15, -0.1) is 0 Å². The number of allylic oxidation sites excluding steroid dienone is 23. The summed E-state index contributed by atoms with van der Waals surface area (Å²) >= 11 is 0. The van der Waals surface area contributed by atoms with E-state index in [1.807, 2.05) is 6.08 Å². The molecule has 0 aliphatic carbocycles. The van der Waals surface area contributed by atoms with E-state index in [1.165, 1.54) is 128 Å². The molecule has 108 heavy (non-hydrogen) atoms. The molecule has 0 spiro atoms. The van der Waals surface area contributed by atoms with Gasteiger partial charge in [0.2, 0.25) is 5.91 Å². The van der Waals surface area contributed by atoms with Crippen LogP contribution in [0.15, 0.2) is 146 Å². The molecule has 3 aliphatic rings. The normalized spacial score (nSPS) is 26.2. The van der Waals surface area contributed by atoms with Crippen molar-refractivity contribution in [3.8, 4) is 0 Å². The number of amides is 1. The zero-order valence-corrected chi connectivity index (χ0v) is 66.3. The molecule has 0 aromatic carbocycles. The van der Waals surface area contributed by atoms with Gasteiger partial charge in [-0.1, -0.05) is 301 Å². The van der Waals surface area contributed by atoms with Gasteiger partial charge in [0.05, 0.1) is 38.6 Å². The van der Waals surface area contributed by atoms with Gasteiger partial charge < -0.3 is 89.9 Å². The van der Waals surface area contributed by atoms with E-state index in [0.29, 0.717) is 12.8 Å². The minimum Gasteiger partial charge on any atom is -0.394 e. The highest BCUT2D eigenvalue weighted by Crippen LogP contribution is 2.33. The molecule has 19 nitrogen and oxygen atoms in total. The van der Waals surface area contributed by atoms with Gasteiger partial charge in [0.15, 0.2) is 18.9 Å². The van der Waals surface area contributed by atoms with Gasteiger partial charge in [0, 0.05) is 6.42 Å². The number of nitrogens with one attached hydrogen (secondary N) is 1. The number of unbranched alkanes of at least 4 members (excludes halogenated alkanes) is 27. The first kappa shape index (κ1) is 97.9. The Morgan fingerprint density at radius 1 is 0.343 bits per heavy atom. The van der Waals surface area contributed by atoms with E-state index >= 15 is 0 Å². The zero-order chi connectivity index (χ0) is 78.1. The van der Waals surface area contributed by atoms with Crippen molar-refractivity contribution in [3.63, 3.8) is 0 Å². The number of aliphatic hydroxyl groups is 11. The Morgan fingerprint density at radius 2 is 0.648 bits per heavy atom. The van der Waals surface area contributed by atoms with Gasteiger partial charge in [-0.2, -0.15) is 0 Å². The Hall–Kier alpha value is -4.33. The molecule has 618 valence electrons. The molecule has 3 rings (SSSR count). The molecule has 0 aromatic rings. The maximum atomic E-state index is 13.5. The van der Waals surface area contributed by atoms with Crippen LogP contribution >= 0.6 is 0 Å². The Labute approximate surface area is 651 Å². The fraction of sp³-hybridized carbons (Fsp3) is 0.719. The smallest absolute Gasteiger partial charge is 0.220 e. The molecule has 0 bridgehead atoms. The van der Waals surface area contributed by atoms with E-state index in [2.05, 4.69) is 153 Å². The van der Waals surface area contributed by atoms with E-state index < -0.39 is 124 Å². The second-order valence-corrected chi connectivity index (χ2v) is 29.2. The van der Waals surface area contributed by atoms with Gasteiger partial charge in [-0.25, -0.2) is 0 Å². The largest absolute Gasteiger partial charge is 0.394 e. The van der Waals surface area contributed by atoms with Crippen LogP contribution in [-0.2, 0) is 33.2 Å². The summed E-state index contributed by atoms with van der Waals surface area (Å²) in [6.45, 7) is 1.60. The van der Waals surface area contributed by atoms with Gasteiger partial charge in [-0.05, 0) is 116 Å². The predicted octanol–water partition coefficient (Wildman–Crippen LogP) is 15.0. The maximum Gasteiger partial charge on any atom is 0.220 e. The summed E-state index contributed by atoms with van der Waals surface area (Å²) in [7, 11) is 0. The average molecular weight is 1520 g/mol. The molecule has 0 radical (unpaired) electrons. The van der Waals surface area contributed by atoms with Crippen molar-refractivity contribution < 1.29 is 89.4 Å². The van der Waals surface area contributed by atoms with Crippen molar-refractivity contribution in [1.29, 1.82) is 0 Å². The summed E-state index contributed by atoms with van der Waals surface area (Å²) in [5.74, 6) is -0.300. The number of rotatable bonds is 65. The molecule has 17 unspecified atom stereocenters. The zero-order valence-electron chi connectivity index (χ0n) is 66.3. The molecular weight excluding hydrogens is 1370 g/mol. The first-order chi connectivity index (χ1) is 52.8. The van der Waals surface area contributed by atoms with Crippen LogP contribution in [-0.4, -0.2) is 193 Å². The van der Waals surface area contributed by atoms with Gasteiger partial charge in [0.25, 0.3) is 0 Å². The minimum atomic E-state index is -1.99. The third-order valence-electron chi connectivity index (χ3n) is 19.8. The third kappa shape index (κ3) is 46.0. The van der Waals surface area contributed by atoms with E-state index in [4.69, 9.17) is 28.4 Å². The lowest BCUT2D eigenvalue weighted by Gasteiger charge is -2.48. The van der Waals surface area contributed by atoms with Crippen LogP contribution in [0.1, 0.15) is 277 Å². The highest BCUT2D eigenvalue weighted by Gasteiger charge is 2.54. The molecular formula is C89H149NO18. The van der Waals surface area contributed by atoms with Crippen molar-refractivity contribution in [2.75, 3.05) is 26.4 Å². The van der Waals surface area contributed by atoms with Crippen molar-refractivity contribution >= 4 is 5.91 Å². The van der Waals surface area contributed by atoms with Crippen LogP contribution < -0.4 is 5.32 Å². The first-order valence-electron chi connectivity index (χ1n) is 42.1. The lowest BCUT2D eigenvalue weighted by Crippen LogP contribution is -2.66. The topological polar surface area (TPSA) is 307 Å². The van der Waals surface area contributed by atoms with E-state index in [1.54, 1.807) is 6.08 Å². The molecule has 17 atom stereocenters. The van der Waals surface area contributed by atoms with Crippen molar-refractivity contribution in [2.24, 2.45) is 0 Å². The molecule has 3 fully saturated rings. The van der Waals surface area contributed by atoms with Gasteiger partial charge in [0.1, 0.15) is 73.2 Å². The Morgan fingerprint density at radius 3 is 1.04 bits per heavy atom. The summed E-state index contributed by atoms with van der Waals surface area (Å²) in [6.07, 6.45) is 71.1. The quantitative estimate of drug-likeness (QED) is 0.0199. The maximum absolute atomic E-state index is 13.5. The van der Waals surface area contributed by atoms with Crippen molar-refractivity contribution in [3.05, 3.63) is 146 Å². The molecule has 3 aliphatic heterocycles. The predicted molar refractivity (Wildman–Crippen MR) is 433 cm³/mol. The Bertz CT molecular complexity index is 2520. The minimum absolute atomic E-state index is 0.215. The monoisotopic (exact) mass is 1520 g/mol. The Balaban J connectivity index is 1.38. The molecule has 0 saturated carbocycles. The van der Waals surface area contributed by atoms with E-state index in [9.17, 15) is 61.0 Å². The van der Waals surface area contributed by atoms with Crippen LogP contribution in [0.2, 0.25) is 0 Å². The number of carbonyl (C=O) groups excluding carboxylic acids is 1. The summed E-state index contributed by atoms with van der Waals surface area (Å²) in [5.41, 5.74) is 0. The number of ether oxygens (including phenoxy) is 6. The lowest BCUT2D eigenvalue weighted by molar-refractivity contribution is -0.379. The molecule has 19 heteroatoms. The summed E-state index contributed by atoms with van der Waals surface area (Å²) in [6, 6.07) is -1.01. The van der Waals surface area contributed by atoms with Crippen LogP contribution in [0.25, 0.3) is 0 Å². The molecule has 3 saturated heterocycles. The second kappa shape index (κ2) is 67.2. The third-order valence-corrected chi connectivity index (χ3v) is 19.8. The van der Waals surface area contributed by atoms with Crippen LogP contribution in [0, 0.1) is 0 Å². The van der Waals surface area contributed by atoms with Crippen LogP contribution in [0.4, 0.5) is 0 Å². The number of aliphatic hydroxyl groups excluding tert-OH is 11. The highest BCUT2D eigenvalue weighted by molar-refractivity contribution is 5.76. The first-order valence-corrected chi connectivity index (χ1v) is 42.1. The molecule has 12 N–H and O–H groups in total. The lowest BCUT2D eigenvalue weighted by atomic mass is 9.96. The number of hydrogen-bond acceptors (Lipinski definition) is 18. The van der Waals surface area contributed by atoms with Crippen LogP contribution in [0.5, 0.6) is 0 Å². The fourth-order valence-corrected chi connectivity index (χ4v) is 13.2. The summed E-state index contributed by atoms with van der Waals surface area (Å²) in [5, 5.41) is 121. The summed E-state index contributed by atoms with van der Waals surface area (Å²) in [4.78, 5) is 13.5. The van der Waals surface area contributed by atoms with E-state index in [-0.39, 0.29) is 18.9 Å². The average Bonchev–Trinajstić information content (AvgIpc) is 0.779. The van der Waals surface area contributed by atoms with Gasteiger partial charge >= 0.3 is 0 Å². The molecule has 3 heterocycles. The van der Waals surface area contributed by atoms with E-state index in [0.717, 1.165) is 116 Å². The Kier molecular flexibility index (Phi) is 60.9. The highest BCUT2D eigenvalue weighted by atomic mass is 16.8. The molecule has 1 amide bonds. The molecule has 0 aromatic heterocycles. The number of hydrogen-bond donors (Lipinski definition) is 12. The van der Waals surface area contributed by atoms with Crippen molar-refractivity contribution in [1.82, 2.24) is 5.32 Å². The summed E-state index contributed by atoms with van der Waals surface area (Å²) < 4.78 is 34.4. The van der Waals surface area contributed by atoms with Crippen LogP contribution in [0.3, 0.4) is 0 Å². The fourth-order valence-electron chi connectivity index (χ4n) is 13.2. The van der Waals surface area contributed by atoms with Crippen molar-refractivity contribution in [2.45, 2.75) is 381 Å². The standard InChI is InChI=1S/C89H149NO18/c1-3-5-7-9-11-13-15-17-19-21-23-25-27-29-31-32-33-34-35-36-37-38-39-40-41-43-45-47-49-51-53-55-57-59-61-63-65-67-77(95)90-72(73(94)66-64-62-60-58-56-54-52-50-48-46-44-42-30-28-26-24-22-20-18-16-14-12-10-8-6-4-2)71-103-87-83(101)80(98)85(75(69-92)105-87)108-89-84(102)81(99)86(76(70-93)106-89)107-88-82(100)79(97)78(96)74(68-91)104-88/h5,7,11,13,17,19,23,25,29,31,33-34,36-37,39-40,43,45,48,50,56,58,64,66,72-76,78-89,91-94,96-102H,3-4,6,8-10,12,14-16,18,20-22,24,26-28,30,32,35,38,41-42,44,46-47,49,51-55,57,59-63,65,67-71H2,1-2H3,(H,90,95)/b7-5-,13-11-,19-17-,25-23-,31-29-,34-33-,37-36-,40-39-,45-43-,50-48+,58-56+,66-64+. The van der Waals surface area contributed by atoms with Gasteiger partial charge in [-0.3, -0.25) is 4.79 Å².